The van der Waals surface area contributed by atoms with Gasteiger partial charge in [-0.15, -0.1) is 5.10 Å². The zero-order valence-electron chi connectivity index (χ0n) is 15.1. The highest BCUT2D eigenvalue weighted by molar-refractivity contribution is 5.09. The van der Waals surface area contributed by atoms with Gasteiger partial charge in [0.2, 0.25) is 0 Å². The van der Waals surface area contributed by atoms with Crippen LogP contribution >= 0.6 is 0 Å². The minimum Gasteiger partial charge on any atom is -0.370 e. The maximum absolute atomic E-state index is 6.00. The van der Waals surface area contributed by atoms with E-state index in [1.807, 2.05) is 18.6 Å². The molecule has 2 fully saturated rings. The Balaban J connectivity index is 1.24. The van der Waals surface area contributed by atoms with E-state index in [0.29, 0.717) is 12.5 Å². The maximum atomic E-state index is 6.00. The van der Waals surface area contributed by atoms with Gasteiger partial charge in [-0.2, -0.15) is 0 Å². The molecule has 2 aromatic heterocycles. The van der Waals surface area contributed by atoms with Gasteiger partial charge in [0.25, 0.3) is 0 Å². The topological polar surface area (TPSA) is 69.0 Å². The van der Waals surface area contributed by atoms with Crippen molar-refractivity contribution >= 4 is 0 Å². The van der Waals surface area contributed by atoms with Gasteiger partial charge in [0, 0.05) is 43.5 Å². The number of nitrogens with zero attached hydrogens (tertiary/aromatic N) is 6. The van der Waals surface area contributed by atoms with Crippen molar-refractivity contribution in [2.75, 3.05) is 13.1 Å². The quantitative estimate of drug-likeness (QED) is 0.843. The fourth-order valence-electron chi connectivity index (χ4n) is 4.66. The van der Waals surface area contributed by atoms with Crippen LogP contribution in [0.5, 0.6) is 0 Å². The normalized spacial score (nSPS) is 27.1. The highest BCUT2D eigenvalue weighted by atomic mass is 16.5. The smallest absolute Gasteiger partial charge is 0.131 e. The summed E-state index contributed by atoms with van der Waals surface area (Å²) in [5, 5.41) is 8.33. The number of likely N-dealkylation sites (tertiary alicyclic amines) is 1. The van der Waals surface area contributed by atoms with Crippen molar-refractivity contribution in [3.63, 3.8) is 0 Å². The molecule has 2 aliphatic heterocycles. The first-order valence-corrected chi connectivity index (χ1v) is 9.90. The van der Waals surface area contributed by atoms with E-state index in [2.05, 4.69) is 29.9 Å². The average molecular weight is 354 g/mol. The molecule has 0 bridgehead atoms. The van der Waals surface area contributed by atoms with Gasteiger partial charge < -0.3 is 4.74 Å². The summed E-state index contributed by atoms with van der Waals surface area (Å²) in [5.41, 5.74) is 2.27. The van der Waals surface area contributed by atoms with Gasteiger partial charge in [0.15, 0.2) is 0 Å². The van der Waals surface area contributed by atoms with Gasteiger partial charge >= 0.3 is 0 Å². The second-order valence-corrected chi connectivity index (χ2v) is 7.89. The first-order valence-electron chi connectivity index (χ1n) is 9.90. The summed E-state index contributed by atoms with van der Waals surface area (Å²) < 4.78 is 8.05. The van der Waals surface area contributed by atoms with E-state index >= 15 is 0 Å². The van der Waals surface area contributed by atoms with Gasteiger partial charge in [-0.1, -0.05) is 24.5 Å². The molecular formula is C19H26N6O. The van der Waals surface area contributed by atoms with Crippen LogP contribution in [0.1, 0.15) is 67.6 Å². The summed E-state index contributed by atoms with van der Waals surface area (Å²) in [5.74, 6) is 1.61. The van der Waals surface area contributed by atoms with Crippen LogP contribution in [0.4, 0.5) is 0 Å². The Labute approximate surface area is 153 Å². The van der Waals surface area contributed by atoms with Crippen LogP contribution < -0.4 is 0 Å². The van der Waals surface area contributed by atoms with E-state index in [9.17, 15) is 0 Å². The minimum absolute atomic E-state index is 0.255. The Kier molecular flexibility index (Phi) is 4.42. The zero-order chi connectivity index (χ0) is 17.3. The number of rotatable bonds is 3. The lowest BCUT2D eigenvalue weighted by Gasteiger charge is -2.41. The second kappa shape index (κ2) is 7.04. The summed E-state index contributed by atoms with van der Waals surface area (Å²) >= 11 is 0. The van der Waals surface area contributed by atoms with Gasteiger partial charge in [-0.05, 0) is 19.3 Å². The molecule has 4 heterocycles. The molecule has 2 atom stereocenters. The van der Waals surface area contributed by atoms with Crippen LogP contribution in [0.15, 0.2) is 18.6 Å². The molecular weight excluding hydrogens is 328 g/mol. The van der Waals surface area contributed by atoms with Gasteiger partial charge in [-0.25, -0.2) is 14.6 Å². The summed E-state index contributed by atoms with van der Waals surface area (Å²) in [6.45, 7) is 3.49. The number of fused-ring (bicyclic) bond motifs is 3. The molecule has 0 aromatic carbocycles. The highest BCUT2D eigenvalue weighted by Crippen LogP contribution is 2.32. The lowest BCUT2D eigenvalue weighted by Crippen LogP contribution is -2.47. The monoisotopic (exact) mass is 354 g/mol. The van der Waals surface area contributed by atoms with Gasteiger partial charge in [0.05, 0.1) is 30.6 Å². The predicted molar refractivity (Wildman–Crippen MR) is 95.4 cm³/mol. The largest absolute Gasteiger partial charge is 0.370 e. The third kappa shape index (κ3) is 3.14. The van der Waals surface area contributed by atoms with E-state index in [4.69, 9.17) is 4.74 Å². The van der Waals surface area contributed by atoms with Crippen molar-refractivity contribution in [1.29, 1.82) is 0 Å². The fraction of sp³-hybridized carbons (Fsp3) is 0.684. The SMILES string of the molecule is c1nc(C2CCCCC2)ncc1CN1CC[C@@H]2OCc3cnnn3[C@H]2C1. The predicted octanol–water partition coefficient (Wildman–Crippen LogP) is 2.46. The molecule has 0 amide bonds. The van der Waals surface area contributed by atoms with Crippen LogP contribution in [0.25, 0.3) is 0 Å². The molecule has 1 saturated heterocycles. The van der Waals surface area contributed by atoms with Crippen LogP contribution in [0, 0.1) is 0 Å². The van der Waals surface area contributed by atoms with Crippen molar-refractivity contribution in [3.8, 4) is 0 Å². The van der Waals surface area contributed by atoms with E-state index in [0.717, 1.165) is 37.6 Å². The average Bonchev–Trinajstić information content (AvgIpc) is 3.19. The standard InChI is InChI=1S/C19H26N6O/c1-2-4-15(5-3-1)19-20-8-14(9-21-19)11-24-7-6-18-17(12-24)25-16(13-26-18)10-22-23-25/h8-10,15,17-18H,1-7,11-13H2/t17-,18-/m0/s1. The van der Waals surface area contributed by atoms with E-state index in [1.165, 1.54) is 37.7 Å². The molecule has 7 nitrogen and oxygen atoms in total. The minimum atomic E-state index is 0.255. The van der Waals surface area contributed by atoms with Gasteiger partial charge in [-0.3, -0.25) is 4.90 Å². The summed E-state index contributed by atoms with van der Waals surface area (Å²) in [6.07, 6.45) is 13.6. The lowest BCUT2D eigenvalue weighted by atomic mass is 9.89. The second-order valence-electron chi connectivity index (χ2n) is 7.89. The van der Waals surface area contributed by atoms with E-state index < -0.39 is 0 Å². The number of hydrogen-bond acceptors (Lipinski definition) is 6. The molecule has 2 aromatic rings. The maximum Gasteiger partial charge on any atom is 0.131 e. The number of hydrogen-bond donors (Lipinski definition) is 0. The van der Waals surface area contributed by atoms with E-state index in [1.54, 1.807) is 0 Å². The molecule has 1 aliphatic carbocycles. The molecule has 0 unspecified atom stereocenters. The van der Waals surface area contributed by atoms with Crippen molar-refractivity contribution in [3.05, 3.63) is 35.7 Å². The molecule has 3 aliphatic rings. The molecule has 0 radical (unpaired) electrons. The molecule has 138 valence electrons. The Morgan fingerprint density at radius 1 is 1.04 bits per heavy atom. The summed E-state index contributed by atoms with van der Waals surface area (Å²) in [7, 11) is 0. The van der Waals surface area contributed by atoms with Crippen molar-refractivity contribution in [2.45, 2.75) is 69.7 Å². The molecule has 26 heavy (non-hydrogen) atoms. The zero-order valence-corrected chi connectivity index (χ0v) is 15.1. The van der Waals surface area contributed by atoms with Gasteiger partial charge in [0.1, 0.15) is 5.82 Å². The Hall–Kier alpha value is -1.86. The Morgan fingerprint density at radius 2 is 1.88 bits per heavy atom. The molecule has 0 N–H and O–H groups in total. The molecule has 5 rings (SSSR count). The van der Waals surface area contributed by atoms with Crippen molar-refractivity contribution < 1.29 is 4.74 Å². The van der Waals surface area contributed by atoms with Crippen molar-refractivity contribution in [2.24, 2.45) is 0 Å². The fourth-order valence-corrected chi connectivity index (χ4v) is 4.66. The van der Waals surface area contributed by atoms with E-state index in [-0.39, 0.29) is 12.1 Å². The van der Waals surface area contributed by atoms with Crippen molar-refractivity contribution in [1.82, 2.24) is 29.9 Å². The van der Waals surface area contributed by atoms with Crippen LogP contribution in [-0.4, -0.2) is 49.1 Å². The molecule has 0 spiro atoms. The Morgan fingerprint density at radius 3 is 2.73 bits per heavy atom. The summed E-state index contributed by atoms with van der Waals surface area (Å²) in [4.78, 5) is 11.8. The number of ether oxygens (including phenoxy) is 1. The van der Waals surface area contributed by atoms with Crippen LogP contribution in [0.2, 0.25) is 0 Å². The summed E-state index contributed by atoms with van der Waals surface area (Å²) in [6, 6.07) is 0.262. The van der Waals surface area contributed by atoms with Crippen LogP contribution in [0.3, 0.4) is 0 Å². The number of piperidine rings is 1. The first kappa shape index (κ1) is 16.3. The number of aromatic nitrogens is 5. The third-order valence-corrected chi connectivity index (χ3v) is 6.11. The first-order chi connectivity index (χ1) is 12.9. The molecule has 1 saturated carbocycles. The highest BCUT2D eigenvalue weighted by Gasteiger charge is 2.36. The third-order valence-electron chi connectivity index (χ3n) is 6.11. The van der Waals surface area contributed by atoms with Crippen LogP contribution in [-0.2, 0) is 17.9 Å². The lowest BCUT2D eigenvalue weighted by molar-refractivity contribution is -0.0670. The molecule has 7 heteroatoms. The Bertz CT molecular complexity index is 739.